The molecular formula is C12H13ClN2O2S2. The van der Waals surface area contributed by atoms with E-state index in [1.165, 1.54) is 17.4 Å². The minimum atomic E-state index is -3.63. The maximum Gasteiger partial charge on any atom is 0.242 e. The maximum atomic E-state index is 12.2. The van der Waals surface area contributed by atoms with E-state index >= 15 is 0 Å². The second-order valence-corrected chi connectivity index (χ2v) is 6.85. The van der Waals surface area contributed by atoms with E-state index in [0.29, 0.717) is 0 Å². The number of hydrogen-bond acceptors (Lipinski definition) is 4. The molecule has 0 aliphatic heterocycles. The van der Waals surface area contributed by atoms with Crippen LogP contribution in [0, 0.1) is 0 Å². The predicted molar refractivity (Wildman–Crippen MR) is 77.7 cm³/mol. The fraction of sp³-hybridized carbons (Fsp3) is 0.167. The first kappa shape index (κ1) is 14.5. The molecule has 0 spiro atoms. The number of hydrogen-bond donors (Lipinski definition) is 2. The van der Waals surface area contributed by atoms with Crippen LogP contribution in [0.4, 0.5) is 0 Å². The van der Waals surface area contributed by atoms with Crippen LogP contribution < -0.4 is 10.5 Å². The van der Waals surface area contributed by atoms with Crippen molar-refractivity contribution >= 4 is 33.0 Å². The standard InChI is InChI=1S/C12H13ClN2O2S2/c13-11-2-1-9(6-14)5-12(11)19(16,17)15-7-10-3-4-18-8-10/h1-5,8,15H,6-7,14H2. The third-order valence-corrected chi connectivity index (χ3v) is 5.18. The molecule has 0 bridgehead atoms. The first-order valence-corrected chi connectivity index (χ1v) is 8.32. The van der Waals surface area contributed by atoms with E-state index in [1.54, 1.807) is 12.1 Å². The van der Waals surface area contributed by atoms with Crippen molar-refractivity contribution in [1.82, 2.24) is 4.72 Å². The number of thiophene rings is 1. The van der Waals surface area contributed by atoms with Gasteiger partial charge in [-0.25, -0.2) is 13.1 Å². The number of nitrogens with two attached hydrogens (primary N) is 1. The van der Waals surface area contributed by atoms with Gasteiger partial charge in [-0.05, 0) is 40.1 Å². The Kier molecular flexibility index (Phi) is 4.59. The van der Waals surface area contributed by atoms with Crippen LogP contribution in [0.5, 0.6) is 0 Å². The molecule has 3 N–H and O–H groups in total. The molecule has 0 amide bonds. The molecule has 19 heavy (non-hydrogen) atoms. The first-order chi connectivity index (χ1) is 9.03. The molecule has 0 aliphatic rings. The van der Waals surface area contributed by atoms with Gasteiger partial charge in [0.15, 0.2) is 0 Å². The lowest BCUT2D eigenvalue weighted by molar-refractivity contribution is 0.581. The van der Waals surface area contributed by atoms with Gasteiger partial charge in [0, 0.05) is 13.1 Å². The Hall–Kier alpha value is -0.920. The second kappa shape index (κ2) is 6.02. The Morgan fingerprint density at radius 2 is 2.05 bits per heavy atom. The van der Waals surface area contributed by atoms with E-state index < -0.39 is 10.0 Å². The molecule has 1 aromatic heterocycles. The zero-order chi connectivity index (χ0) is 13.9. The topological polar surface area (TPSA) is 72.2 Å². The molecule has 0 unspecified atom stereocenters. The van der Waals surface area contributed by atoms with E-state index in [0.717, 1.165) is 11.1 Å². The minimum Gasteiger partial charge on any atom is -0.326 e. The lowest BCUT2D eigenvalue weighted by Gasteiger charge is -2.09. The summed E-state index contributed by atoms with van der Waals surface area (Å²) in [5.74, 6) is 0. The average molecular weight is 317 g/mol. The molecule has 1 aromatic carbocycles. The van der Waals surface area contributed by atoms with Crippen molar-refractivity contribution in [2.45, 2.75) is 18.0 Å². The molecule has 102 valence electrons. The molecule has 0 fully saturated rings. The van der Waals surface area contributed by atoms with Crippen molar-refractivity contribution in [3.8, 4) is 0 Å². The molecule has 0 saturated carbocycles. The van der Waals surface area contributed by atoms with E-state index in [9.17, 15) is 8.42 Å². The molecule has 1 heterocycles. The van der Waals surface area contributed by atoms with Crippen molar-refractivity contribution < 1.29 is 8.42 Å². The zero-order valence-corrected chi connectivity index (χ0v) is 12.4. The molecule has 0 atom stereocenters. The number of benzene rings is 1. The van der Waals surface area contributed by atoms with Gasteiger partial charge in [0.25, 0.3) is 0 Å². The Morgan fingerprint density at radius 3 is 2.68 bits per heavy atom. The summed E-state index contributed by atoms with van der Waals surface area (Å²) in [5.41, 5.74) is 7.15. The van der Waals surface area contributed by atoms with Crippen LogP contribution in [0.25, 0.3) is 0 Å². The fourth-order valence-electron chi connectivity index (χ4n) is 1.53. The summed E-state index contributed by atoms with van der Waals surface area (Å²) in [4.78, 5) is 0.0624. The van der Waals surface area contributed by atoms with E-state index in [-0.39, 0.29) is 23.0 Å². The fourth-order valence-corrected chi connectivity index (χ4v) is 3.76. The van der Waals surface area contributed by atoms with Gasteiger partial charge in [-0.2, -0.15) is 11.3 Å². The summed E-state index contributed by atoms with van der Waals surface area (Å²) in [7, 11) is -3.63. The molecule has 2 aromatic rings. The van der Waals surface area contributed by atoms with Crippen molar-refractivity contribution in [3.05, 3.63) is 51.2 Å². The maximum absolute atomic E-state index is 12.2. The summed E-state index contributed by atoms with van der Waals surface area (Å²) >= 11 is 7.46. The highest BCUT2D eigenvalue weighted by Crippen LogP contribution is 2.22. The Labute approximate surface area is 121 Å². The molecule has 0 radical (unpaired) electrons. The molecule has 7 heteroatoms. The number of sulfonamides is 1. The summed E-state index contributed by atoms with van der Waals surface area (Å²) in [6.07, 6.45) is 0. The molecule has 0 aliphatic carbocycles. The normalized spacial score (nSPS) is 11.7. The van der Waals surface area contributed by atoms with Crippen LogP contribution >= 0.6 is 22.9 Å². The van der Waals surface area contributed by atoms with E-state index in [4.69, 9.17) is 17.3 Å². The van der Waals surface area contributed by atoms with Gasteiger partial charge < -0.3 is 5.73 Å². The summed E-state index contributed by atoms with van der Waals surface area (Å²) < 4.78 is 26.9. The Balaban J connectivity index is 2.23. The van der Waals surface area contributed by atoms with Crippen molar-refractivity contribution in [2.24, 2.45) is 5.73 Å². The van der Waals surface area contributed by atoms with Crippen molar-refractivity contribution in [3.63, 3.8) is 0 Å². The molecular weight excluding hydrogens is 304 g/mol. The summed E-state index contributed by atoms with van der Waals surface area (Å²) in [6, 6.07) is 6.62. The van der Waals surface area contributed by atoms with Crippen LogP contribution in [0.3, 0.4) is 0 Å². The highest BCUT2D eigenvalue weighted by molar-refractivity contribution is 7.89. The number of nitrogens with one attached hydrogen (secondary N) is 1. The van der Waals surface area contributed by atoms with Crippen LogP contribution in [0.2, 0.25) is 5.02 Å². The first-order valence-electron chi connectivity index (χ1n) is 5.52. The lowest BCUT2D eigenvalue weighted by atomic mass is 10.2. The largest absolute Gasteiger partial charge is 0.326 e. The number of rotatable bonds is 5. The van der Waals surface area contributed by atoms with Crippen LogP contribution in [-0.2, 0) is 23.1 Å². The van der Waals surface area contributed by atoms with Gasteiger partial charge in [0.2, 0.25) is 10.0 Å². The monoisotopic (exact) mass is 316 g/mol. The van der Waals surface area contributed by atoms with Crippen LogP contribution in [0.15, 0.2) is 39.9 Å². The number of halogens is 1. The molecule has 4 nitrogen and oxygen atoms in total. The van der Waals surface area contributed by atoms with E-state index in [2.05, 4.69) is 4.72 Å². The highest BCUT2D eigenvalue weighted by atomic mass is 35.5. The van der Waals surface area contributed by atoms with Gasteiger partial charge >= 0.3 is 0 Å². The third kappa shape index (κ3) is 3.55. The SMILES string of the molecule is NCc1ccc(Cl)c(S(=O)(=O)NCc2ccsc2)c1. The summed E-state index contributed by atoms with van der Waals surface area (Å²) in [5, 5.41) is 3.97. The van der Waals surface area contributed by atoms with Crippen LogP contribution in [-0.4, -0.2) is 8.42 Å². The molecule has 2 rings (SSSR count). The van der Waals surface area contributed by atoms with Gasteiger partial charge in [-0.1, -0.05) is 17.7 Å². The van der Waals surface area contributed by atoms with Crippen molar-refractivity contribution in [2.75, 3.05) is 0 Å². The van der Waals surface area contributed by atoms with Gasteiger partial charge in [-0.3, -0.25) is 0 Å². The smallest absolute Gasteiger partial charge is 0.242 e. The van der Waals surface area contributed by atoms with Gasteiger partial charge in [0.05, 0.1) is 5.02 Å². The average Bonchev–Trinajstić information content (AvgIpc) is 2.90. The lowest BCUT2D eigenvalue weighted by Crippen LogP contribution is -2.23. The summed E-state index contributed by atoms with van der Waals surface area (Å²) in [6.45, 7) is 0.513. The minimum absolute atomic E-state index is 0.0624. The predicted octanol–water partition coefficient (Wildman–Crippen LogP) is 2.34. The van der Waals surface area contributed by atoms with Crippen molar-refractivity contribution in [1.29, 1.82) is 0 Å². The molecule has 0 saturated heterocycles. The van der Waals surface area contributed by atoms with E-state index in [1.807, 2.05) is 16.8 Å². The Morgan fingerprint density at radius 1 is 1.26 bits per heavy atom. The van der Waals surface area contributed by atoms with Gasteiger partial charge in [0.1, 0.15) is 4.90 Å². The quantitative estimate of drug-likeness (QED) is 0.889. The zero-order valence-electron chi connectivity index (χ0n) is 9.97. The Bertz CT molecular complexity index is 654. The third-order valence-electron chi connectivity index (χ3n) is 2.57. The van der Waals surface area contributed by atoms with Gasteiger partial charge in [-0.15, -0.1) is 0 Å². The van der Waals surface area contributed by atoms with Crippen LogP contribution in [0.1, 0.15) is 11.1 Å². The second-order valence-electron chi connectivity index (χ2n) is 3.93. The highest BCUT2D eigenvalue weighted by Gasteiger charge is 2.18.